The Morgan fingerprint density at radius 2 is 2.07 bits per heavy atom. The van der Waals surface area contributed by atoms with Crippen molar-refractivity contribution in [3.8, 4) is 5.75 Å². The second-order valence-electron chi connectivity index (χ2n) is 3.69. The summed E-state index contributed by atoms with van der Waals surface area (Å²) in [6.45, 7) is 7.26. The number of ether oxygens (including phenoxy) is 1. The molecule has 0 aromatic heterocycles. The van der Waals surface area contributed by atoms with Crippen LogP contribution < -0.4 is 4.74 Å². The van der Waals surface area contributed by atoms with Gasteiger partial charge in [-0.15, -0.1) is 0 Å². The minimum atomic E-state index is 0.562. The minimum Gasteiger partial charge on any atom is -0.492 e. The molecule has 0 amide bonds. The molecule has 0 fully saturated rings. The van der Waals surface area contributed by atoms with Gasteiger partial charge in [0.25, 0.3) is 0 Å². The van der Waals surface area contributed by atoms with Crippen LogP contribution in [0.5, 0.6) is 5.75 Å². The summed E-state index contributed by atoms with van der Waals surface area (Å²) in [4.78, 5) is 0. The third kappa shape index (κ3) is 3.02. The first-order valence-electron chi connectivity index (χ1n) is 5.07. The van der Waals surface area contributed by atoms with E-state index in [4.69, 9.17) is 4.74 Å². The lowest BCUT2D eigenvalue weighted by atomic mass is 10.0. The van der Waals surface area contributed by atoms with Crippen LogP contribution in [0, 0.1) is 0 Å². The smallest absolute Gasteiger partial charge is 0.133 e. The molecule has 0 N–H and O–H groups in total. The van der Waals surface area contributed by atoms with Crippen molar-refractivity contribution in [2.45, 2.75) is 33.1 Å². The highest BCUT2D eigenvalue weighted by atomic mass is 79.9. The Bertz CT molecular complexity index is 294. The molecule has 1 aromatic rings. The predicted molar refractivity (Wildman–Crippen MR) is 64.0 cm³/mol. The molecule has 14 heavy (non-hydrogen) atoms. The third-order valence-corrected chi connectivity index (χ3v) is 2.70. The Balaban J connectivity index is 2.79. The fourth-order valence-electron chi connectivity index (χ4n) is 1.21. The first kappa shape index (κ1) is 11.6. The lowest BCUT2D eigenvalue weighted by molar-refractivity contribution is 0.315. The zero-order valence-corrected chi connectivity index (χ0v) is 10.6. The molecule has 2 heteroatoms. The Hall–Kier alpha value is -0.500. The molecular formula is C12H17BrO. The van der Waals surface area contributed by atoms with E-state index in [1.165, 1.54) is 5.56 Å². The highest BCUT2D eigenvalue weighted by Crippen LogP contribution is 2.28. The lowest BCUT2D eigenvalue weighted by Gasteiger charge is -2.10. The fraction of sp³-hybridized carbons (Fsp3) is 0.500. The number of benzene rings is 1. The van der Waals surface area contributed by atoms with Crippen molar-refractivity contribution in [2.75, 3.05) is 6.61 Å². The van der Waals surface area contributed by atoms with Crippen molar-refractivity contribution >= 4 is 15.9 Å². The topological polar surface area (TPSA) is 9.23 Å². The molecule has 0 aliphatic heterocycles. The van der Waals surface area contributed by atoms with Crippen LogP contribution in [0.4, 0.5) is 0 Å². The van der Waals surface area contributed by atoms with E-state index in [-0.39, 0.29) is 0 Å². The van der Waals surface area contributed by atoms with Gasteiger partial charge in [-0.05, 0) is 46.0 Å². The highest BCUT2D eigenvalue weighted by Gasteiger charge is 2.04. The molecule has 1 aromatic carbocycles. The minimum absolute atomic E-state index is 0.562. The standard InChI is InChI=1S/C12H17BrO/c1-4-7-14-12-6-5-10(9(2)3)8-11(12)13/h5-6,8-9H,4,7H2,1-3H3. The van der Waals surface area contributed by atoms with Gasteiger partial charge in [0.2, 0.25) is 0 Å². The van der Waals surface area contributed by atoms with Crippen molar-refractivity contribution in [2.24, 2.45) is 0 Å². The maximum absolute atomic E-state index is 5.57. The zero-order valence-electron chi connectivity index (χ0n) is 9.01. The number of hydrogen-bond acceptors (Lipinski definition) is 1. The Kier molecular flexibility index (Phi) is 4.46. The molecular weight excluding hydrogens is 240 g/mol. The molecule has 0 aliphatic rings. The zero-order chi connectivity index (χ0) is 10.6. The van der Waals surface area contributed by atoms with Gasteiger partial charge < -0.3 is 4.74 Å². The molecule has 0 heterocycles. The maximum Gasteiger partial charge on any atom is 0.133 e. The first-order chi connectivity index (χ1) is 6.65. The van der Waals surface area contributed by atoms with E-state index in [0.29, 0.717) is 5.92 Å². The average Bonchev–Trinajstić information content (AvgIpc) is 2.15. The molecule has 0 unspecified atom stereocenters. The third-order valence-electron chi connectivity index (χ3n) is 2.08. The molecule has 0 radical (unpaired) electrons. The number of hydrogen-bond donors (Lipinski definition) is 0. The van der Waals surface area contributed by atoms with Crippen LogP contribution in [0.1, 0.15) is 38.7 Å². The van der Waals surface area contributed by atoms with E-state index in [2.05, 4.69) is 48.8 Å². The summed E-state index contributed by atoms with van der Waals surface area (Å²) in [6, 6.07) is 6.30. The quantitative estimate of drug-likeness (QED) is 0.778. The summed E-state index contributed by atoms with van der Waals surface area (Å²) in [5.74, 6) is 1.50. The van der Waals surface area contributed by atoms with Crippen molar-refractivity contribution in [1.82, 2.24) is 0 Å². The van der Waals surface area contributed by atoms with Crippen LogP contribution in [0.25, 0.3) is 0 Å². The Morgan fingerprint density at radius 3 is 2.57 bits per heavy atom. The summed E-state index contributed by atoms with van der Waals surface area (Å²) >= 11 is 3.52. The molecule has 0 saturated carbocycles. The van der Waals surface area contributed by atoms with Crippen LogP contribution in [0.3, 0.4) is 0 Å². The Labute approximate surface area is 94.6 Å². The van der Waals surface area contributed by atoms with E-state index in [9.17, 15) is 0 Å². The van der Waals surface area contributed by atoms with E-state index in [1.54, 1.807) is 0 Å². The van der Waals surface area contributed by atoms with Crippen molar-refractivity contribution < 1.29 is 4.74 Å². The van der Waals surface area contributed by atoms with Gasteiger partial charge in [-0.2, -0.15) is 0 Å². The van der Waals surface area contributed by atoms with Gasteiger partial charge in [0.1, 0.15) is 5.75 Å². The first-order valence-corrected chi connectivity index (χ1v) is 5.86. The van der Waals surface area contributed by atoms with E-state index in [0.717, 1.165) is 23.2 Å². The van der Waals surface area contributed by atoms with Gasteiger partial charge in [-0.25, -0.2) is 0 Å². The van der Waals surface area contributed by atoms with Crippen LogP contribution in [-0.4, -0.2) is 6.61 Å². The van der Waals surface area contributed by atoms with Gasteiger partial charge in [0.05, 0.1) is 11.1 Å². The Morgan fingerprint density at radius 1 is 1.36 bits per heavy atom. The highest BCUT2D eigenvalue weighted by molar-refractivity contribution is 9.10. The van der Waals surface area contributed by atoms with Gasteiger partial charge in [0, 0.05) is 0 Å². The molecule has 0 saturated heterocycles. The van der Waals surface area contributed by atoms with Crippen LogP contribution in [0.2, 0.25) is 0 Å². The molecule has 78 valence electrons. The molecule has 0 atom stereocenters. The van der Waals surface area contributed by atoms with Crippen molar-refractivity contribution in [3.05, 3.63) is 28.2 Å². The summed E-state index contributed by atoms with van der Waals surface area (Å²) in [7, 11) is 0. The van der Waals surface area contributed by atoms with Gasteiger partial charge in [0.15, 0.2) is 0 Å². The largest absolute Gasteiger partial charge is 0.492 e. The van der Waals surface area contributed by atoms with E-state index >= 15 is 0 Å². The SMILES string of the molecule is CCCOc1ccc(C(C)C)cc1Br. The van der Waals surface area contributed by atoms with Crippen LogP contribution in [0.15, 0.2) is 22.7 Å². The molecule has 0 aliphatic carbocycles. The molecule has 0 spiro atoms. The number of rotatable bonds is 4. The normalized spacial score (nSPS) is 10.6. The van der Waals surface area contributed by atoms with Crippen LogP contribution in [-0.2, 0) is 0 Å². The summed E-state index contributed by atoms with van der Waals surface area (Å²) < 4.78 is 6.63. The second kappa shape index (κ2) is 5.40. The van der Waals surface area contributed by atoms with Crippen LogP contribution >= 0.6 is 15.9 Å². The summed E-state index contributed by atoms with van der Waals surface area (Å²) in [6.07, 6.45) is 1.04. The lowest BCUT2D eigenvalue weighted by Crippen LogP contribution is -1.96. The maximum atomic E-state index is 5.57. The van der Waals surface area contributed by atoms with E-state index in [1.807, 2.05) is 6.07 Å². The van der Waals surface area contributed by atoms with Crippen molar-refractivity contribution in [3.63, 3.8) is 0 Å². The fourth-order valence-corrected chi connectivity index (χ4v) is 1.72. The average molecular weight is 257 g/mol. The van der Waals surface area contributed by atoms with Gasteiger partial charge in [-0.3, -0.25) is 0 Å². The molecule has 0 bridgehead atoms. The summed E-state index contributed by atoms with van der Waals surface area (Å²) in [5, 5.41) is 0. The van der Waals surface area contributed by atoms with E-state index < -0.39 is 0 Å². The van der Waals surface area contributed by atoms with Gasteiger partial charge in [-0.1, -0.05) is 26.8 Å². The predicted octanol–water partition coefficient (Wildman–Crippen LogP) is 4.36. The van der Waals surface area contributed by atoms with Crippen molar-refractivity contribution in [1.29, 1.82) is 0 Å². The number of halogens is 1. The van der Waals surface area contributed by atoms with Gasteiger partial charge >= 0.3 is 0 Å². The molecule has 1 rings (SSSR count). The summed E-state index contributed by atoms with van der Waals surface area (Å²) in [5.41, 5.74) is 1.33. The molecule has 1 nitrogen and oxygen atoms in total. The second-order valence-corrected chi connectivity index (χ2v) is 4.55. The monoisotopic (exact) mass is 256 g/mol.